The molecule has 0 radical (unpaired) electrons. The van der Waals surface area contributed by atoms with Gasteiger partial charge in [-0.05, 0) is 64.1 Å². The van der Waals surface area contributed by atoms with Gasteiger partial charge >= 0.3 is 11.9 Å². The van der Waals surface area contributed by atoms with E-state index in [1.807, 2.05) is 0 Å². The third kappa shape index (κ3) is 4.52. The van der Waals surface area contributed by atoms with Crippen molar-refractivity contribution >= 4 is 35.1 Å². The van der Waals surface area contributed by atoms with E-state index >= 15 is 0 Å². The standard InChI is InChI=1S/C23H28ClN3O6/c24-16-11-15(21(30)26-8-7-23-5-1-9-27(23)10-2-6-23)20-13(19(16)25)3-4-17(33-20)14(22(31)32)12-18(28)29/h11-12,17H,1-10,25H2,(H,26,30)(H,28,29)(H,31,32)/b14-12-. The van der Waals surface area contributed by atoms with Gasteiger partial charge in [-0.2, -0.15) is 0 Å². The molecule has 1 atom stereocenters. The van der Waals surface area contributed by atoms with E-state index in [0.717, 1.165) is 32.4 Å². The topological polar surface area (TPSA) is 142 Å². The second kappa shape index (κ2) is 9.23. The number of carboxylic acid groups (broad SMARTS) is 2. The van der Waals surface area contributed by atoms with Crippen molar-refractivity contribution in [3.05, 3.63) is 33.9 Å². The molecule has 2 saturated heterocycles. The predicted octanol–water partition coefficient (Wildman–Crippen LogP) is 2.46. The second-order valence-corrected chi connectivity index (χ2v) is 9.35. The van der Waals surface area contributed by atoms with Gasteiger partial charge in [0, 0.05) is 23.7 Å². The molecule has 3 aliphatic rings. The number of nitrogens with two attached hydrogens (primary N) is 1. The van der Waals surface area contributed by atoms with Crippen molar-refractivity contribution in [1.29, 1.82) is 0 Å². The van der Waals surface area contributed by atoms with E-state index in [2.05, 4.69) is 10.2 Å². The highest BCUT2D eigenvalue weighted by atomic mass is 35.5. The summed E-state index contributed by atoms with van der Waals surface area (Å²) in [5.74, 6) is -3.00. The van der Waals surface area contributed by atoms with Gasteiger partial charge in [0.25, 0.3) is 5.91 Å². The number of ether oxygens (including phenoxy) is 1. The fraction of sp³-hybridized carbons (Fsp3) is 0.522. The molecule has 9 nitrogen and oxygen atoms in total. The van der Waals surface area contributed by atoms with Crippen LogP contribution in [0.4, 0.5) is 5.69 Å². The Morgan fingerprint density at radius 3 is 2.61 bits per heavy atom. The van der Waals surface area contributed by atoms with Crippen LogP contribution in [0.5, 0.6) is 5.75 Å². The molecule has 3 heterocycles. The minimum absolute atomic E-state index is 0.157. The number of nitrogens with one attached hydrogen (secondary N) is 1. The average Bonchev–Trinajstić information content (AvgIpc) is 3.34. The van der Waals surface area contributed by atoms with Crippen LogP contribution in [0.25, 0.3) is 0 Å². The van der Waals surface area contributed by atoms with Crippen LogP contribution < -0.4 is 15.8 Å². The Kier molecular flexibility index (Phi) is 6.54. The fourth-order valence-electron chi connectivity index (χ4n) is 5.51. The maximum Gasteiger partial charge on any atom is 0.335 e. The molecule has 0 spiro atoms. The lowest BCUT2D eigenvalue weighted by Gasteiger charge is -2.32. The lowest BCUT2D eigenvalue weighted by atomic mass is 9.90. The number of aliphatic carboxylic acids is 2. The maximum absolute atomic E-state index is 13.1. The Hall–Kier alpha value is -2.78. The van der Waals surface area contributed by atoms with Crippen LogP contribution in [-0.2, 0) is 16.0 Å². The van der Waals surface area contributed by atoms with Gasteiger partial charge in [-0.15, -0.1) is 0 Å². The Bertz CT molecular complexity index is 1010. The van der Waals surface area contributed by atoms with Crippen LogP contribution in [0.2, 0.25) is 5.02 Å². The van der Waals surface area contributed by atoms with Gasteiger partial charge in [-0.3, -0.25) is 9.69 Å². The summed E-state index contributed by atoms with van der Waals surface area (Å²) in [6.45, 7) is 2.72. The van der Waals surface area contributed by atoms with Crippen LogP contribution in [-0.4, -0.2) is 64.2 Å². The van der Waals surface area contributed by atoms with Crippen molar-refractivity contribution < 1.29 is 29.3 Å². The Morgan fingerprint density at radius 1 is 1.27 bits per heavy atom. The van der Waals surface area contributed by atoms with Crippen molar-refractivity contribution in [2.45, 2.75) is 56.6 Å². The first-order valence-corrected chi connectivity index (χ1v) is 11.6. The molecule has 0 aliphatic carbocycles. The summed E-state index contributed by atoms with van der Waals surface area (Å²) in [5.41, 5.74) is 6.84. The van der Waals surface area contributed by atoms with E-state index in [4.69, 9.17) is 27.2 Å². The number of hydrogen-bond acceptors (Lipinski definition) is 6. The normalized spacial score (nSPS) is 21.7. The Balaban J connectivity index is 1.54. The molecular weight excluding hydrogens is 450 g/mol. The molecule has 33 heavy (non-hydrogen) atoms. The highest BCUT2D eigenvalue weighted by molar-refractivity contribution is 6.33. The molecule has 0 saturated carbocycles. The van der Waals surface area contributed by atoms with E-state index in [1.54, 1.807) is 0 Å². The van der Waals surface area contributed by atoms with Crippen molar-refractivity contribution in [3.63, 3.8) is 0 Å². The molecule has 178 valence electrons. The molecule has 0 aromatic heterocycles. The van der Waals surface area contributed by atoms with Gasteiger partial charge in [0.2, 0.25) is 0 Å². The molecular formula is C23H28ClN3O6. The number of halogens is 1. The second-order valence-electron chi connectivity index (χ2n) is 8.94. The summed E-state index contributed by atoms with van der Waals surface area (Å²) in [5, 5.41) is 21.7. The van der Waals surface area contributed by atoms with Crippen LogP contribution >= 0.6 is 11.6 Å². The minimum atomic E-state index is -1.39. The lowest BCUT2D eigenvalue weighted by molar-refractivity contribution is -0.136. The molecule has 1 aromatic carbocycles. The minimum Gasteiger partial charge on any atom is -0.484 e. The van der Waals surface area contributed by atoms with Gasteiger partial charge < -0.3 is 26.0 Å². The van der Waals surface area contributed by atoms with Crippen molar-refractivity contribution in [2.75, 3.05) is 25.4 Å². The van der Waals surface area contributed by atoms with Crippen molar-refractivity contribution in [1.82, 2.24) is 10.2 Å². The van der Waals surface area contributed by atoms with Crippen LogP contribution in [0.3, 0.4) is 0 Å². The van der Waals surface area contributed by atoms with Gasteiger partial charge in [0.15, 0.2) is 0 Å². The predicted molar refractivity (Wildman–Crippen MR) is 122 cm³/mol. The largest absolute Gasteiger partial charge is 0.484 e. The smallest absolute Gasteiger partial charge is 0.335 e. The molecule has 3 aliphatic heterocycles. The third-order valence-electron chi connectivity index (χ3n) is 7.09. The zero-order valence-corrected chi connectivity index (χ0v) is 19.0. The summed E-state index contributed by atoms with van der Waals surface area (Å²) in [6, 6.07) is 1.42. The molecule has 10 heteroatoms. The number of carbonyl (C=O) groups is 3. The van der Waals surface area contributed by atoms with Gasteiger partial charge in [0.1, 0.15) is 11.9 Å². The van der Waals surface area contributed by atoms with E-state index in [-0.39, 0.29) is 39.9 Å². The molecule has 1 unspecified atom stereocenters. The van der Waals surface area contributed by atoms with E-state index < -0.39 is 23.6 Å². The summed E-state index contributed by atoms with van der Waals surface area (Å²) in [4.78, 5) is 38.3. The van der Waals surface area contributed by atoms with Crippen LogP contribution in [0, 0.1) is 0 Å². The SMILES string of the molecule is Nc1c(Cl)cc(C(=O)NCCC23CCCN2CCC3)c2c1CCC(/C(=C/C(=O)O)C(=O)O)O2. The molecule has 1 aromatic rings. The first-order valence-electron chi connectivity index (χ1n) is 11.2. The van der Waals surface area contributed by atoms with Gasteiger partial charge in [-0.25, -0.2) is 9.59 Å². The number of nitrogen functional groups attached to an aromatic ring is 1. The summed E-state index contributed by atoms with van der Waals surface area (Å²) < 4.78 is 5.87. The number of benzene rings is 1. The summed E-state index contributed by atoms with van der Waals surface area (Å²) >= 11 is 6.27. The number of carboxylic acids is 2. The number of anilines is 1. The maximum atomic E-state index is 13.1. The molecule has 2 fully saturated rings. The molecule has 1 amide bonds. The zero-order chi connectivity index (χ0) is 23.8. The van der Waals surface area contributed by atoms with Crippen LogP contribution in [0.1, 0.15) is 54.4 Å². The molecule has 0 bridgehead atoms. The number of carbonyl (C=O) groups excluding carboxylic acids is 1. The number of fused-ring (bicyclic) bond motifs is 2. The summed E-state index contributed by atoms with van der Waals surface area (Å²) in [6.07, 6.45) is 5.60. The first-order chi connectivity index (χ1) is 15.7. The van der Waals surface area contributed by atoms with Crippen molar-refractivity contribution in [2.24, 2.45) is 0 Å². The number of amides is 1. The highest BCUT2D eigenvalue weighted by Crippen LogP contribution is 2.42. The lowest BCUT2D eigenvalue weighted by Crippen LogP contribution is -2.41. The first kappa shape index (κ1) is 23.4. The fourth-order valence-corrected chi connectivity index (χ4v) is 5.73. The Morgan fingerprint density at radius 2 is 1.97 bits per heavy atom. The van der Waals surface area contributed by atoms with E-state index in [9.17, 15) is 19.5 Å². The third-order valence-corrected chi connectivity index (χ3v) is 7.41. The quantitative estimate of drug-likeness (QED) is 0.346. The van der Waals surface area contributed by atoms with E-state index in [1.165, 1.54) is 18.9 Å². The molecule has 4 rings (SSSR count). The number of hydrogen-bond donors (Lipinski definition) is 4. The molecule has 5 N–H and O–H groups in total. The number of nitrogens with zero attached hydrogens (tertiary/aromatic N) is 1. The van der Waals surface area contributed by atoms with Gasteiger partial charge in [-0.1, -0.05) is 11.6 Å². The summed E-state index contributed by atoms with van der Waals surface area (Å²) in [7, 11) is 0. The van der Waals surface area contributed by atoms with E-state index in [0.29, 0.717) is 24.6 Å². The van der Waals surface area contributed by atoms with Crippen LogP contribution in [0.15, 0.2) is 17.7 Å². The van der Waals surface area contributed by atoms with Gasteiger partial charge in [0.05, 0.1) is 21.8 Å². The Labute approximate surface area is 196 Å². The van der Waals surface area contributed by atoms with Crippen molar-refractivity contribution in [3.8, 4) is 5.75 Å². The number of rotatable bonds is 7. The zero-order valence-electron chi connectivity index (χ0n) is 18.2. The average molecular weight is 478 g/mol. The highest BCUT2D eigenvalue weighted by Gasteiger charge is 2.43. The monoisotopic (exact) mass is 477 g/mol.